The zero-order chi connectivity index (χ0) is 19.8. The molecule has 158 valence electrons. The molecular weight excluding hydrogens is 483 g/mol. The number of aliphatic imine (C=N–C) groups is 1. The number of para-hydroxylation sites is 1. The number of halogens is 1. The molecule has 0 unspecified atom stereocenters. The minimum Gasteiger partial charge on any atom is -0.368 e. The number of rotatable bonds is 6. The number of anilines is 1. The topological polar surface area (TPSA) is 90.7 Å². The fraction of sp³-hybridized carbons (Fsp3) is 0.474. The Morgan fingerprint density at radius 1 is 1.14 bits per heavy atom. The first kappa shape index (κ1) is 22.9. The van der Waals surface area contributed by atoms with Crippen LogP contribution in [0.2, 0.25) is 0 Å². The van der Waals surface area contributed by atoms with Gasteiger partial charge < -0.3 is 20.4 Å². The van der Waals surface area contributed by atoms with Crippen molar-refractivity contribution in [3.63, 3.8) is 0 Å². The van der Waals surface area contributed by atoms with E-state index in [1.165, 1.54) is 12.0 Å². The number of aryl methyl sites for hydroxylation is 1. The number of guanidine groups is 1. The van der Waals surface area contributed by atoms with Crippen LogP contribution in [0.25, 0.3) is 0 Å². The maximum Gasteiger partial charge on any atom is 0.242 e. The number of hydrogen-bond acceptors (Lipinski definition) is 5. The van der Waals surface area contributed by atoms with Crippen molar-refractivity contribution in [1.82, 2.24) is 30.3 Å². The number of carbonyl (C=O) groups excluding carboxylic acids is 1. The van der Waals surface area contributed by atoms with Crippen molar-refractivity contribution in [2.24, 2.45) is 12.0 Å². The SMILES string of the molecule is CCNC(=NCc1ncnn1C)NCC(=O)N1CCN(c2ccccc2)CC1.I. The highest BCUT2D eigenvalue weighted by Crippen LogP contribution is 2.15. The first-order chi connectivity index (χ1) is 13.7. The molecule has 29 heavy (non-hydrogen) atoms. The van der Waals surface area contributed by atoms with Gasteiger partial charge in [0.2, 0.25) is 5.91 Å². The Morgan fingerprint density at radius 3 is 2.48 bits per heavy atom. The van der Waals surface area contributed by atoms with Crippen LogP contribution < -0.4 is 15.5 Å². The highest BCUT2D eigenvalue weighted by Gasteiger charge is 2.21. The summed E-state index contributed by atoms with van der Waals surface area (Å²) in [5.41, 5.74) is 1.21. The molecule has 0 saturated carbocycles. The van der Waals surface area contributed by atoms with Gasteiger partial charge in [0, 0.05) is 45.5 Å². The molecule has 1 aliphatic heterocycles. The number of aromatic nitrogens is 3. The Labute approximate surface area is 188 Å². The van der Waals surface area contributed by atoms with Crippen LogP contribution in [0.5, 0.6) is 0 Å². The minimum absolute atomic E-state index is 0. The molecule has 1 amide bonds. The van der Waals surface area contributed by atoms with Crippen LogP contribution >= 0.6 is 24.0 Å². The van der Waals surface area contributed by atoms with Crippen LogP contribution in [-0.2, 0) is 18.4 Å². The number of benzene rings is 1. The van der Waals surface area contributed by atoms with Gasteiger partial charge in [0.05, 0.1) is 6.54 Å². The van der Waals surface area contributed by atoms with Gasteiger partial charge in [-0.15, -0.1) is 24.0 Å². The first-order valence-electron chi connectivity index (χ1n) is 9.60. The zero-order valence-electron chi connectivity index (χ0n) is 16.9. The van der Waals surface area contributed by atoms with E-state index in [2.05, 4.69) is 42.7 Å². The van der Waals surface area contributed by atoms with E-state index >= 15 is 0 Å². The second kappa shape index (κ2) is 11.6. The van der Waals surface area contributed by atoms with Crippen molar-refractivity contribution < 1.29 is 4.79 Å². The monoisotopic (exact) mass is 512 g/mol. The fourth-order valence-electron chi connectivity index (χ4n) is 3.08. The van der Waals surface area contributed by atoms with Gasteiger partial charge in [0.25, 0.3) is 0 Å². The van der Waals surface area contributed by atoms with E-state index in [1.54, 1.807) is 4.68 Å². The minimum atomic E-state index is 0. The van der Waals surface area contributed by atoms with Crippen molar-refractivity contribution in [3.05, 3.63) is 42.5 Å². The molecule has 3 rings (SSSR count). The van der Waals surface area contributed by atoms with Gasteiger partial charge in [-0.05, 0) is 19.1 Å². The summed E-state index contributed by atoms with van der Waals surface area (Å²) in [7, 11) is 1.83. The molecule has 2 heterocycles. The average Bonchev–Trinajstić information content (AvgIpc) is 3.15. The van der Waals surface area contributed by atoms with E-state index in [1.807, 2.05) is 37.1 Å². The molecule has 1 saturated heterocycles. The molecule has 0 aliphatic carbocycles. The largest absolute Gasteiger partial charge is 0.368 e. The summed E-state index contributed by atoms with van der Waals surface area (Å²) in [5, 5.41) is 10.3. The fourth-order valence-corrected chi connectivity index (χ4v) is 3.08. The number of amides is 1. The summed E-state index contributed by atoms with van der Waals surface area (Å²) in [6, 6.07) is 10.3. The van der Waals surface area contributed by atoms with Gasteiger partial charge >= 0.3 is 0 Å². The molecule has 1 aromatic carbocycles. The molecule has 1 aliphatic rings. The van der Waals surface area contributed by atoms with Crippen molar-refractivity contribution in [1.29, 1.82) is 0 Å². The lowest BCUT2D eigenvalue weighted by molar-refractivity contribution is -0.130. The van der Waals surface area contributed by atoms with Crippen LogP contribution in [0.15, 0.2) is 41.7 Å². The molecule has 2 N–H and O–H groups in total. The summed E-state index contributed by atoms with van der Waals surface area (Å²) in [6.07, 6.45) is 1.50. The predicted octanol–water partition coefficient (Wildman–Crippen LogP) is 0.837. The highest BCUT2D eigenvalue weighted by molar-refractivity contribution is 14.0. The number of carbonyl (C=O) groups is 1. The van der Waals surface area contributed by atoms with Crippen molar-refractivity contribution in [2.45, 2.75) is 13.5 Å². The maximum absolute atomic E-state index is 12.6. The summed E-state index contributed by atoms with van der Waals surface area (Å²) in [4.78, 5) is 25.4. The van der Waals surface area contributed by atoms with Gasteiger partial charge in [0.15, 0.2) is 5.96 Å². The summed E-state index contributed by atoms with van der Waals surface area (Å²) < 4.78 is 1.68. The smallest absolute Gasteiger partial charge is 0.242 e. The molecule has 1 aromatic heterocycles. The van der Waals surface area contributed by atoms with E-state index in [0.717, 1.165) is 32.0 Å². The van der Waals surface area contributed by atoms with E-state index in [0.29, 0.717) is 19.0 Å². The Bertz CT molecular complexity index is 787. The molecule has 10 heteroatoms. The molecular formula is C19H29IN8O. The van der Waals surface area contributed by atoms with Gasteiger partial charge in [-0.2, -0.15) is 5.10 Å². The summed E-state index contributed by atoms with van der Waals surface area (Å²) in [6.45, 7) is 6.46. The molecule has 0 atom stereocenters. The van der Waals surface area contributed by atoms with Gasteiger partial charge in [-0.1, -0.05) is 18.2 Å². The number of piperazine rings is 1. The maximum atomic E-state index is 12.6. The number of nitrogens with zero attached hydrogens (tertiary/aromatic N) is 6. The van der Waals surface area contributed by atoms with Crippen molar-refractivity contribution >= 4 is 41.5 Å². The Kier molecular flexibility index (Phi) is 9.16. The summed E-state index contributed by atoms with van der Waals surface area (Å²) in [5.74, 6) is 1.44. The Hall–Kier alpha value is -2.37. The van der Waals surface area contributed by atoms with E-state index in [9.17, 15) is 4.79 Å². The molecule has 9 nitrogen and oxygen atoms in total. The first-order valence-corrected chi connectivity index (χ1v) is 9.60. The number of nitrogens with one attached hydrogen (secondary N) is 2. The highest BCUT2D eigenvalue weighted by atomic mass is 127. The average molecular weight is 512 g/mol. The summed E-state index contributed by atoms with van der Waals surface area (Å²) >= 11 is 0. The zero-order valence-corrected chi connectivity index (χ0v) is 19.2. The second-order valence-electron chi connectivity index (χ2n) is 6.55. The normalized spacial score (nSPS) is 14.3. The third kappa shape index (κ3) is 6.58. The predicted molar refractivity (Wildman–Crippen MR) is 124 cm³/mol. The molecule has 1 fully saturated rings. The van der Waals surface area contributed by atoms with E-state index in [-0.39, 0.29) is 36.4 Å². The van der Waals surface area contributed by atoms with Crippen LogP contribution in [0, 0.1) is 0 Å². The van der Waals surface area contributed by atoms with E-state index < -0.39 is 0 Å². The molecule has 0 spiro atoms. The lowest BCUT2D eigenvalue weighted by Crippen LogP contribution is -2.52. The standard InChI is InChI=1S/C19H28N8O.HI/c1-3-20-19(21-13-17-23-15-24-25(17)2)22-14-18(28)27-11-9-26(10-12-27)16-7-5-4-6-8-16;/h4-8,15H,3,9-14H2,1-2H3,(H2,20,21,22);1H. The van der Waals surface area contributed by atoms with Crippen LogP contribution in [0.1, 0.15) is 12.7 Å². The molecule has 0 bridgehead atoms. The van der Waals surface area contributed by atoms with Gasteiger partial charge in [-0.3, -0.25) is 9.48 Å². The third-order valence-corrected chi connectivity index (χ3v) is 4.69. The Morgan fingerprint density at radius 2 is 1.86 bits per heavy atom. The Balaban J connectivity index is 0.00000300. The third-order valence-electron chi connectivity index (χ3n) is 4.69. The van der Waals surface area contributed by atoms with Gasteiger partial charge in [-0.25, -0.2) is 9.98 Å². The van der Waals surface area contributed by atoms with Crippen LogP contribution in [0.4, 0.5) is 5.69 Å². The van der Waals surface area contributed by atoms with Crippen molar-refractivity contribution in [3.8, 4) is 0 Å². The quantitative estimate of drug-likeness (QED) is 0.339. The second-order valence-corrected chi connectivity index (χ2v) is 6.55. The lowest BCUT2D eigenvalue weighted by atomic mass is 10.2. The van der Waals surface area contributed by atoms with E-state index in [4.69, 9.17) is 0 Å². The molecule has 0 radical (unpaired) electrons. The van der Waals surface area contributed by atoms with Crippen molar-refractivity contribution in [2.75, 3.05) is 44.2 Å². The van der Waals surface area contributed by atoms with Crippen LogP contribution in [-0.4, -0.2) is 70.8 Å². The number of hydrogen-bond donors (Lipinski definition) is 2. The lowest BCUT2D eigenvalue weighted by Gasteiger charge is -2.36. The van der Waals surface area contributed by atoms with Gasteiger partial charge in [0.1, 0.15) is 18.7 Å². The van der Waals surface area contributed by atoms with Crippen LogP contribution in [0.3, 0.4) is 0 Å². The molecule has 2 aromatic rings.